The Morgan fingerprint density at radius 2 is 1.90 bits per heavy atom. The smallest absolute Gasteiger partial charge is 0.200 e. The Hall–Kier alpha value is -2.99. The molecule has 2 atom stereocenters. The summed E-state index contributed by atoms with van der Waals surface area (Å²) in [5.74, 6) is 1.84. The van der Waals surface area contributed by atoms with E-state index in [9.17, 15) is 9.90 Å². The number of ether oxygens (including phenoxy) is 2. The van der Waals surface area contributed by atoms with Gasteiger partial charge in [0.05, 0.1) is 43.3 Å². The quantitative estimate of drug-likeness (QED) is 0.656. The van der Waals surface area contributed by atoms with Crippen LogP contribution in [0.3, 0.4) is 0 Å². The fraction of sp³-hybridized carbons (Fsp3) is 0.400. The van der Waals surface area contributed by atoms with Gasteiger partial charge >= 0.3 is 0 Å². The van der Waals surface area contributed by atoms with E-state index in [2.05, 4.69) is 6.92 Å². The molecule has 2 N–H and O–H groups in total. The lowest BCUT2D eigenvalue weighted by Crippen LogP contribution is -3.14. The zero-order chi connectivity index (χ0) is 22.1. The fourth-order valence-corrected chi connectivity index (χ4v) is 4.65. The summed E-state index contributed by atoms with van der Waals surface area (Å²) in [6.45, 7) is 5.73. The highest BCUT2D eigenvalue weighted by atomic mass is 16.5. The van der Waals surface area contributed by atoms with Crippen molar-refractivity contribution in [2.75, 3.05) is 20.8 Å². The first kappa shape index (κ1) is 21.2. The van der Waals surface area contributed by atoms with Gasteiger partial charge in [0.2, 0.25) is 5.43 Å². The van der Waals surface area contributed by atoms with E-state index >= 15 is 0 Å². The number of hydrogen-bond donors (Lipinski definition) is 2. The van der Waals surface area contributed by atoms with E-state index in [1.54, 1.807) is 45.4 Å². The fourth-order valence-electron chi connectivity index (χ4n) is 4.65. The van der Waals surface area contributed by atoms with Crippen LogP contribution < -0.4 is 19.8 Å². The number of hydrogen-bond acceptors (Lipinski definition) is 5. The molecule has 0 spiro atoms. The SMILES string of the molecule is COc1ccc(-c2c(C)oc3c(C[NH+]4CCCC[C@@H]4C)c(O)ccc3c2=O)cc1OC. The van der Waals surface area contributed by atoms with Gasteiger partial charge in [-0.05, 0) is 62.9 Å². The van der Waals surface area contributed by atoms with Crippen LogP contribution in [0.4, 0.5) is 0 Å². The molecule has 2 heterocycles. The van der Waals surface area contributed by atoms with E-state index < -0.39 is 0 Å². The van der Waals surface area contributed by atoms with E-state index in [0.717, 1.165) is 6.54 Å². The number of likely N-dealkylation sites (tertiary alicyclic amines) is 1. The van der Waals surface area contributed by atoms with Crippen LogP contribution in [0.15, 0.2) is 39.5 Å². The maximum absolute atomic E-state index is 13.5. The van der Waals surface area contributed by atoms with Crippen molar-refractivity contribution in [3.63, 3.8) is 0 Å². The number of methoxy groups -OCH3 is 2. The first-order valence-electron chi connectivity index (χ1n) is 10.8. The van der Waals surface area contributed by atoms with Crippen LogP contribution in [0, 0.1) is 6.92 Å². The first-order valence-corrected chi connectivity index (χ1v) is 10.8. The van der Waals surface area contributed by atoms with Gasteiger partial charge in [-0.3, -0.25) is 4.79 Å². The van der Waals surface area contributed by atoms with E-state index in [0.29, 0.717) is 57.5 Å². The van der Waals surface area contributed by atoms with E-state index in [1.165, 1.54) is 24.2 Å². The molecule has 0 amide bonds. The molecule has 3 aromatic rings. The lowest BCUT2D eigenvalue weighted by molar-refractivity contribution is -0.941. The average molecular weight is 425 g/mol. The van der Waals surface area contributed by atoms with Gasteiger partial charge in [-0.1, -0.05) is 6.07 Å². The molecule has 31 heavy (non-hydrogen) atoms. The van der Waals surface area contributed by atoms with Crippen molar-refractivity contribution >= 4 is 11.0 Å². The van der Waals surface area contributed by atoms with Crippen molar-refractivity contribution < 1.29 is 23.9 Å². The zero-order valence-electron chi connectivity index (χ0n) is 18.6. The predicted molar refractivity (Wildman–Crippen MR) is 120 cm³/mol. The second-order valence-corrected chi connectivity index (χ2v) is 8.35. The molecule has 1 fully saturated rings. The summed E-state index contributed by atoms with van der Waals surface area (Å²) >= 11 is 0. The number of piperidine rings is 1. The summed E-state index contributed by atoms with van der Waals surface area (Å²) in [4.78, 5) is 14.9. The summed E-state index contributed by atoms with van der Waals surface area (Å²) in [7, 11) is 3.14. The second kappa shape index (κ2) is 8.63. The molecule has 0 bridgehead atoms. The molecule has 1 aromatic heterocycles. The van der Waals surface area contributed by atoms with Gasteiger partial charge in [0, 0.05) is 0 Å². The van der Waals surface area contributed by atoms with Gasteiger partial charge in [-0.2, -0.15) is 0 Å². The van der Waals surface area contributed by atoms with Crippen molar-refractivity contribution in [2.24, 2.45) is 0 Å². The highest BCUT2D eigenvalue weighted by Gasteiger charge is 2.26. The highest BCUT2D eigenvalue weighted by molar-refractivity contribution is 5.86. The van der Waals surface area contributed by atoms with Gasteiger partial charge < -0.3 is 23.9 Å². The Kier molecular flexibility index (Phi) is 5.92. The topological polar surface area (TPSA) is 73.3 Å². The number of rotatable bonds is 5. The number of aryl methyl sites for hydroxylation is 1. The van der Waals surface area contributed by atoms with E-state index in [4.69, 9.17) is 13.9 Å². The minimum absolute atomic E-state index is 0.117. The molecule has 0 aliphatic carbocycles. The van der Waals surface area contributed by atoms with Crippen LogP contribution in [-0.2, 0) is 6.54 Å². The van der Waals surface area contributed by atoms with Gasteiger partial charge in [0.1, 0.15) is 18.1 Å². The maximum atomic E-state index is 13.5. The predicted octanol–water partition coefficient (Wildman–Crippen LogP) is 3.45. The van der Waals surface area contributed by atoms with Gasteiger partial charge in [-0.15, -0.1) is 0 Å². The number of nitrogens with one attached hydrogen (secondary N) is 1. The molecule has 0 saturated carbocycles. The Balaban J connectivity index is 1.85. The van der Waals surface area contributed by atoms with Gasteiger partial charge in [-0.25, -0.2) is 0 Å². The zero-order valence-corrected chi connectivity index (χ0v) is 18.6. The molecule has 2 aromatic carbocycles. The van der Waals surface area contributed by atoms with Crippen LogP contribution in [0.1, 0.15) is 37.5 Å². The van der Waals surface area contributed by atoms with Crippen molar-refractivity contribution in [3.05, 3.63) is 51.9 Å². The van der Waals surface area contributed by atoms with Gasteiger partial charge in [0.15, 0.2) is 17.1 Å². The minimum atomic E-state index is -0.117. The molecule has 1 saturated heterocycles. The summed E-state index contributed by atoms with van der Waals surface area (Å²) in [6, 6.07) is 9.16. The van der Waals surface area contributed by atoms with E-state index in [-0.39, 0.29) is 11.2 Å². The molecule has 1 unspecified atom stereocenters. The Labute approximate surface area is 182 Å². The number of quaternary nitrogens is 1. The van der Waals surface area contributed by atoms with Crippen molar-refractivity contribution in [1.29, 1.82) is 0 Å². The van der Waals surface area contributed by atoms with E-state index in [1.807, 2.05) is 6.07 Å². The third kappa shape index (κ3) is 3.88. The Morgan fingerprint density at radius 3 is 2.61 bits per heavy atom. The number of fused-ring (bicyclic) bond motifs is 1. The lowest BCUT2D eigenvalue weighted by Gasteiger charge is -2.30. The number of benzene rings is 2. The maximum Gasteiger partial charge on any atom is 0.200 e. The summed E-state index contributed by atoms with van der Waals surface area (Å²) in [6.07, 6.45) is 3.60. The summed E-state index contributed by atoms with van der Waals surface area (Å²) in [5, 5.41) is 11.1. The third-order valence-corrected chi connectivity index (χ3v) is 6.47. The second-order valence-electron chi connectivity index (χ2n) is 8.35. The van der Waals surface area contributed by atoms with Crippen LogP contribution >= 0.6 is 0 Å². The summed E-state index contributed by atoms with van der Waals surface area (Å²) in [5.41, 5.74) is 2.27. The lowest BCUT2D eigenvalue weighted by atomic mass is 9.99. The largest absolute Gasteiger partial charge is 0.507 e. The number of phenols is 1. The molecule has 4 rings (SSSR count). The average Bonchev–Trinajstić information content (AvgIpc) is 2.77. The monoisotopic (exact) mass is 424 g/mol. The molecular weight excluding hydrogens is 394 g/mol. The van der Waals surface area contributed by atoms with Crippen molar-refractivity contribution in [2.45, 2.75) is 45.7 Å². The normalized spacial score (nSPS) is 18.8. The third-order valence-electron chi connectivity index (χ3n) is 6.47. The van der Waals surface area contributed by atoms with Crippen LogP contribution in [-0.4, -0.2) is 31.9 Å². The van der Waals surface area contributed by atoms with Crippen LogP contribution in [0.2, 0.25) is 0 Å². The highest BCUT2D eigenvalue weighted by Crippen LogP contribution is 2.34. The molecule has 6 nitrogen and oxygen atoms in total. The first-order chi connectivity index (χ1) is 14.9. The van der Waals surface area contributed by atoms with Gasteiger partial charge in [0.25, 0.3) is 0 Å². The Morgan fingerprint density at radius 1 is 1.13 bits per heavy atom. The molecular formula is C25H30NO5+. The van der Waals surface area contributed by atoms with Crippen molar-refractivity contribution in [3.8, 4) is 28.4 Å². The summed E-state index contributed by atoms with van der Waals surface area (Å²) < 4.78 is 16.9. The number of phenolic OH excluding ortho intramolecular Hbond substituents is 1. The molecule has 164 valence electrons. The van der Waals surface area contributed by atoms with Crippen LogP contribution in [0.25, 0.3) is 22.1 Å². The standard InChI is InChI=1S/C25H29NO5/c1-15-7-5-6-12-26(15)14-19-20(27)10-9-18-24(28)23(16(2)31-25(18)19)17-8-11-21(29-3)22(13-17)30-4/h8-11,13,15,27H,5-7,12,14H2,1-4H3/p+1/t15-/m0/s1. The van der Waals surface area contributed by atoms with Crippen LogP contribution in [0.5, 0.6) is 17.2 Å². The molecule has 1 aliphatic rings. The minimum Gasteiger partial charge on any atom is -0.507 e. The van der Waals surface area contributed by atoms with Crippen molar-refractivity contribution in [1.82, 2.24) is 0 Å². The molecule has 1 aliphatic heterocycles. The number of aromatic hydroxyl groups is 1. The molecule has 6 heteroatoms. The molecule has 0 radical (unpaired) electrons. The Bertz CT molecular complexity index is 1170.